The van der Waals surface area contributed by atoms with Crippen molar-refractivity contribution in [2.45, 2.75) is 40.5 Å². The van der Waals surface area contributed by atoms with E-state index in [0.29, 0.717) is 12.4 Å². The zero-order valence-electron chi connectivity index (χ0n) is 13.3. The van der Waals surface area contributed by atoms with Gasteiger partial charge in [0.25, 0.3) is 0 Å². The molecule has 21 heavy (non-hydrogen) atoms. The molecule has 0 unspecified atom stereocenters. The van der Waals surface area contributed by atoms with E-state index in [0.717, 1.165) is 17.2 Å². The lowest BCUT2D eigenvalue weighted by molar-refractivity contribution is 0.0992. The molecular weight excluding hydrogens is 264 g/mol. The van der Waals surface area contributed by atoms with Crippen molar-refractivity contribution in [2.75, 3.05) is 6.61 Å². The fourth-order valence-electron chi connectivity index (χ4n) is 1.72. The van der Waals surface area contributed by atoms with Crippen LogP contribution in [0.2, 0.25) is 0 Å². The third-order valence-electron chi connectivity index (χ3n) is 2.59. The van der Waals surface area contributed by atoms with E-state index in [2.05, 4.69) is 19.9 Å². The molecule has 2 aromatic carbocycles. The molecule has 0 saturated heterocycles. The van der Waals surface area contributed by atoms with Crippen LogP contribution in [0.15, 0.2) is 36.4 Å². The first-order valence-electron chi connectivity index (χ1n) is 7.45. The zero-order chi connectivity index (χ0) is 15.7. The highest BCUT2D eigenvalue weighted by Crippen LogP contribution is 2.22. The average Bonchev–Trinajstić information content (AvgIpc) is 2.46. The monoisotopic (exact) mass is 288 g/mol. The zero-order valence-corrected chi connectivity index (χ0v) is 13.3. The van der Waals surface area contributed by atoms with E-state index in [-0.39, 0.29) is 0 Å². The number of carbonyl (C=O) groups is 1. The van der Waals surface area contributed by atoms with Gasteiger partial charge in [-0.05, 0) is 36.2 Å². The van der Waals surface area contributed by atoms with Gasteiger partial charge in [0, 0.05) is 0 Å². The summed E-state index contributed by atoms with van der Waals surface area (Å²) in [6, 6.07) is 11.7. The van der Waals surface area contributed by atoms with Crippen LogP contribution in [0.25, 0.3) is 10.8 Å². The summed E-state index contributed by atoms with van der Waals surface area (Å²) in [5.41, 5.74) is 1.21. The smallest absolute Gasteiger partial charge is 0.434 e. The van der Waals surface area contributed by atoms with E-state index < -0.39 is 6.16 Å². The Balaban J connectivity index is 0.000000677. The molecule has 0 atom stereocenters. The van der Waals surface area contributed by atoms with Crippen molar-refractivity contribution in [1.82, 2.24) is 0 Å². The van der Waals surface area contributed by atoms with E-state index >= 15 is 0 Å². The van der Waals surface area contributed by atoms with Crippen molar-refractivity contribution in [2.24, 2.45) is 0 Å². The molecule has 0 spiro atoms. The standard InChI is InChI=1S/C15H16O3.C3H8/c1-3-8-17-15(16)18-14-7-6-12-9-11(2)4-5-13(12)10-14;1-3-2/h4-7,9-10H,3,8H2,1-2H3;3H2,1-2H3. The predicted octanol–water partition coefficient (Wildman–Crippen LogP) is 5.49. The lowest BCUT2D eigenvalue weighted by atomic mass is 10.1. The fourth-order valence-corrected chi connectivity index (χ4v) is 1.72. The van der Waals surface area contributed by atoms with E-state index in [4.69, 9.17) is 9.47 Å². The first-order chi connectivity index (χ1) is 10.1. The van der Waals surface area contributed by atoms with Gasteiger partial charge in [-0.2, -0.15) is 0 Å². The minimum absolute atomic E-state index is 0.381. The van der Waals surface area contributed by atoms with E-state index in [1.54, 1.807) is 6.07 Å². The van der Waals surface area contributed by atoms with E-state index in [9.17, 15) is 4.79 Å². The SMILES string of the molecule is CCC.CCCOC(=O)Oc1ccc2cc(C)ccc2c1. The maximum Gasteiger partial charge on any atom is 0.513 e. The Kier molecular flexibility index (Phi) is 7.30. The quantitative estimate of drug-likeness (QED) is 0.553. The Morgan fingerprint density at radius 2 is 1.62 bits per heavy atom. The number of hydrogen-bond acceptors (Lipinski definition) is 3. The van der Waals surface area contributed by atoms with Crippen LogP contribution in [0, 0.1) is 6.92 Å². The van der Waals surface area contributed by atoms with Gasteiger partial charge in [0.05, 0.1) is 6.61 Å². The average molecular weight is 288 g/mol. The number of aryl methyl sites for hydroxylation is 1. The Morgan fingerprint density at radius 3 is 2.29 bits per heavy atom. The van der Waals surface area contributed by atoms with Gasteiger partial charge >= 0.3 is 6.16 Å². The van der Waals surface area contributed by atoms with Gasteiger partial charge in [-0.25, -0.2) is 4.79 Å². The Hall–Kier alpha value is -2.03. The lowest BCUT2D eigenvalue weighted by Gasteiger charge is -2.06. The lowest BCUT2D eigenvalue weighted by Crippen LogP contribution is -2.10. The molecule has 0 amide bonds. The molecule has 0 N–H and O–H groups in total. The highest BCUT2D eigenvalue weighted by atomic mass is 16.7. The van der Waals surface area contributed by atoms with Crippen molar-refractivity contribution in [3.05, 3.63) is 42.0 Å². The highest BCUT2D eigenvalue weighted by Gasteiger charge is 2.05. The summed E-state index contributed by atoms with van der Waals surface area (Å²) >= 11 is 0. The molecule has 0 radical (unpaired) electrons. The molecule has 0 saturated carbocycles. The molecule has 0 heterocycles. The van der Waals surface area contributed by atoms with Gasteiger partial charge < -0.3 is 9.47 Å². The molecule has 114 valence electrons. The minimum atomic E-state index is -0.650. The second-order valence-corrected chi connectivity index (χ2v) is 4.92. The molecule has 2 aromatic rings. The van der Waals surface area contributed by atoms with Crippen LogP contribution in [0.3, 0.4) is 0 Å². The number of benzene rings is 2. The van der Waals surface area contributed by atoms with Crippen LogP contribution in [0.1, 0.15) is 39.2 Å². The second-order valence-electron chi connectivity index (χ2n) is 4.92. The molecule has 3 nitrogen and oxygen atoms in total. The number of rotatable bonds is 3. The third-order valence-corrected chi connectivity index (χ3v) is 2.59. The number of hydrogen-bond donors (Lipinski definition) is 0. The topological polar surface area (TPSA) is 35.5 Å². The van der Waals surface area contributed by atoms with Gasteiger partial charge in [0.15, 0.2) is 0 Å². The van der Waals surface area contributed by atoms with Crippen molar-refractivity contribution in [3.63, 3.8) is 0 Å². The largest absolute Gasteiger partial charge is 0.513 e. The predicted molar refractivity (Wildman–Crippen MR) is 86.9 cm³/mol. The summed E-state index contributed by atoms with van der Waals surface area (Å²) in [5.74, 6) is 0.507. The fraction of sp³-hybridized carbons (Fsp3) is 0.389. The van der Waals surface area contributed by atoms with Gasteiger partial charge in [-0.15, -0.1) is 0 Å². The molecule has 0 aliphatic heterocycles. The number of fused-ring (bicyclic) bond motifs is 1. The van der Waals surface area contributed by atoms with E-state index in [1.165, 1.54) is 12.0 Å². The molecule has 2 rings (SSSR count). The van der Waals surface area contributed by atoms with E-state index in [1.807, 2.05) is 38.1 Å². The summed E-state index contributed by atoms with van der Waals surface area (Å²) in [7, 11) is 0. The molecule has 3 heteroatoms. The van der Waals surface area contributed by atoms with Gasteiger partial charge in [0.1, 0.15) is 5.75 Å². The van der Waals surface area contributed by atoms with Crippen molar-refractivity contribution in [1.29, 1.82) is 0 Å². The summed E-state index contributed by atoms with van der Waals surface area (Å²) in [6.07, 6.45) is 1.38. The molecule has 0 aromatic heterocycles. The summed E-state index contributed by atoms with van der Waals surface area (Å²) in [4.78, 5) is 11.3. The van der Waals surface area contributed by atoms with Crippen LogP contribution >= 0.6 is 0 Å². The highest BCUT2D eigenvalue weighted by molar-refractivity contribution is 5.85. The third kappa shape index (κ3) is 5.86. The Bertz CT molecular complexity index is 576. The molecule has 0 aliphatic carbocycles. The van der Waals surface area contributed by atoms with Crippen LogP contribution in [0.5, 0.6) is 5.75 Å². The normalized spacial score (nSPS) is 9.71. The maximum atomic E-state index is 11.3. The van der Waals surface area contributed by atoms with Crippen LogP contribution < -0.4 is 4.74 Å². The Labute approximate surface area is 126 Å². The van der Waals surface area contributed by atoms with Crippen molar-refractivity contribution in [3.8, 4) is 5.75 Å². The van der Waals surface area contributed by atoms with Crippen LogP contribution in [-0.2, 0) is 4.74 Å². The Morgan fingerprint density at radius 1 is 1.00 bits per heavy atom. The first kappa shape index (κ1) is 17.0. The van der Waals surface area contributed by atoms with Crippen LogP contribution in [0.4, 0.5) is 4.79 Å². The molecule has 0 aliphatic rings. The molecule has 0 bridgehead atoms. The summed E-state index contributed by atoms with van der Waals surface area (Å²) in [6.45, 7) is 8.61. The maximum absolute atomic E-state index is 11.3. The number of carbonyl (C=O) groups excluding carboxylic acids is 1. The second kappa shape index (κ2) is 9.01. The summed E-state index contributed by atoms with van der Waals surface area (Å²) in [5, 5.41) is 2.17. The van der Waals surface area contributed by atoms with Crippen molar-refractivity contribution >= 4 is 16.9 Å². The van der Waals surface area contributed by atoms with Crippen LogP contribution in [-0.4, -0.2) is 12.8 Å². The first-order valence-corrected chi connectivity index (χ1v) is 7.45. The minimum Gasteiger partial charge on any atom is -0.434 e. The van der Waals surface area contributed by atoms with Crippen molar-refractivity contribution < 1.29 is 14.3 Å². The molecular formula is C18H24O3. The summed E-state index contributed by atoms with van der Waals surface area (Å²) < 4.78 is 9.96. The van der Waals surface area contributed by atoms with Gasteiger partial charge in [0.2, 0.25) is 0 Å². The number of ether oxygens (including phenoxy) is 2. The van der Waals surface area contributed by atoms with Gasteiger partial charge in [-0.3, -0.25) is 0 Å². The molecule has 0 fully saturated rings. The van der Waals surface area contributed by atoms with Gasteiger partial charge in [-0.1, -0.05) is 57.0 Å².